The van der Waals surface area contributed by atoms with Gasteiger partial charge in [0.1, 0.15) is 0 Å². The van der Waals surface area contributed by atoms with Crippen LogP contribution in [0.1, 0.15) is 30.0 Å². The second-order valence-corrected chi connectivity index (χ2v) is 6.56. The zero-order valence-corrected chi connectivity index (χ0v) is 12.7. The van der Waals surface area contributed by atoms with Crippen LogP contribution in [-0.4, -0.2) is 54.6 Å². The van der Waals surface area contributed by atoms with Crippen molar-refractivity contribution >= 4 is 11.3 Å². The molecule has 2 rings (SSSR count). The smallest absolute Gasteiger partial charge is 0.0897 e. The highest BCUT2D eigenvalue weighted by Gasteiger charge is 2.18. The number of nitrogens with zero attached hydrogens (tertiary/aromatic N) is 3. The molecule has 4 heteroatoms. The van der Waals surface area contributed by atoms with E-state index in [-0.39, 0.29) is 0 Å². The van der Waals surface area contributed by atoms with Crippen molar-refractivity contribution in [2.75, 3.05) is 33.7 Å². The summed E-state index contributed by atoms with van der Waals surface area (Å²) in [5.41, 5.74) is 1.27. The Morgan fingerprint density at radius 2 is 2.22 bits per heavy atom. The van der Waals surface area contributed by atoms with E-state index in [0.717, 1.165) is 12.5 Å². The maximum absolute atomic E-state index is 4.55. The Bertz CT molecular complexity index is 362. The van der Waals surface area contributed by atoms with Crippen molar-refractivity contribution in [2.24, 2.45) is 0 Å². The molecule has 0 spiro atoms. The molecule has 102 valence electrons. The van der Waals surface area contributed by atoms with Crippen molar-refractivity contribution in [3.63, 3.8) is 0 Å². The number of hydrogen-bond acceptors (Lipinski definition) is 4. The van der Waals surface area contributed by atoms with Crippen LogP contribution in [0.5, 0.6) is 0 Å². The van der Waals surface area contributed by atoms with Crippen molar-refractivity contribution in [2.45, 2.75) is 38.6 Å². The molecular formula is C14H25N3S. The first kappa shape index (κ1) is 14.0. The monoisotopic (exact) mass is 267 g/mol. The largest absolute Gasteiger partial charge is 0.306 e. The first-order chi connectivity index (χ1) is 8.65. The molecule has 0 aromatic carbocycles. The van der Waals surface area contributed by atoms with Crippen LogP contribution in [0.4, 0.5) is 0 Å². The number of thiazole rings is 1. The molecule has 1 aliphatic rings. The lowest BCUT2D eigenvalue weighted by Crippen LogP contribution is -2.31. The van der Waals surface area contributed by atoms with E-state index in [9.17, 15) is 0 Å². The van der Waals surface area contributed by atoms with Crippen LogP contribution >= 0.6 is 11.3 Å². The standard InChI is InChI=1S/C14H25N3S/c1-12-15-13(11-18-12)6-9-17-8-4-5-14(7-10-17)16(2)3/h11,14H,4-10H2,1-3H3/t14-/m0/s1. The van der Waals surface area contributed by atoms with Crippen LogP contribution in [0.25, 0.3) is 0 Å². The summed E-state index contributed by atoms with van der Waals surface area (Å²) in [6, 6.07) is 0.775. The van der Waals surface area contributed by atoms with Crippen molar-refractivity contribution in [3.05, 3.63) is 16.1 Å². The summed E-state index contributed by atoms with van der Waals surface area (Å²) in [6.07, 6.45) is 5.10. The third-order valence-electron chi connectivity index (χ3n) is 3.87. The maximum atomic E-state index is 4.55. The number of hydrogen-bond donors (Lipinski definition) is 0. The number of aromatic nitrogens is 1. The van der Waals surface area contributed by atoms with Gasteiger partial charge < -0.3 is 9.80 Å². The molecule has 1 atom stereocenters. The Morgan fingerprint density at radius 1 is 1.39 bits per heavy atom. The van der Waals surface area contributed by atoms with E-state index in [0.29, 0.717) is 0 Å². The Morgan fingerprint density at radius 3 is 2.89 bits per heavy atom. The molecule has 1 aliphatic heterocycles. The van der Waals surface area contributed by atoms with Crippen LogP contribution < -0.4 is 0 Å². The summed E-state index contributed by atoms with van der Waals surface area (Å²) in [4.78, 5) is 9.54. The van der Waals surface area contributed by atoms with Gasteiger partial charge in [0.15, 0.2) is 0 Å². The highest BCUT2D eigenvalue weighted by molar-refractivity contribution is 7.09. The maximum Gasteiger partial charge on any atom is 0.0897 e. The molecule has 1 aromatic rings. The predicted molar refractivity (Wildman–Crippen MR) is 78.3 cm³/mol. The van der Waals surface area contributed by atoms with Crippen molar-refractivity contribution in [3.8, 4) is 0 Å². The Kier molecular flexibility index (Phi) is 5.15. The molecule has 0 N–H and O–H groups in total. The molecule has 1 aromatic heterocycles. The minimum Gasteiger partial charge on any atom is -0.306 e. The zero-order valence-electron chi connectivity index (χ0n) is 11.9. The van der Waals surface area contributed by atoms with Crippen molar-refractivity contribution < 1.29 is 0 Å². The lowest BCUT2D eigenvalue weighted by atomic mass is 10.1. The minimum absolute atomic E-state index is 0.775. The minimum atomic E-state index is 0.775. The first-order valence-corrected chi connectivity index (χ1v) is 7.83. The fourth-order valence-electron chi connectivity index (χ4n) is 2.67. The van der Waals surface area contributed by atoms with Gasteiger partial charge in [-0.3, -0.25) is 0 Å². The van der Waals surface area contributed by atoms with Gasteiger partial charge in [-0.05, 0) is 53.4 Å². The molecular weight excluding hydrogens is 242 g/mol. The molecule has 0 saturated carbocycles. The van der Waals surface area contributed by atoms with Gasteiger partial charge in [-0.1, -0.05) is 0 Å². The summed E-state index contributed by atoms with van der Waals surface area (Å²) in [5, 5.41) is 3.39. The SMILES string of the molecule is Cc1nc(CCN2CCC[C@H](N(C)C)CC2)cs1. The lowest BCUT2D eigenvalue weighted by Gasteiger charge is -2.23. The second kappa shape index (κ2) is 6.64. The fourth-order valence-corrected chi connectivity index (χ4v) is 3.32. The molecule has 2 heterocycles. The average Bonchev–Trinajstić information content (AvgIpc) is 2.62. The summed E-state index contributed by atoms with van der Waals surface area (Å²) in [5.74, 6) is 0. The molecule has 3 nitrogen and oxygen atoms in total. The van der Waals surface area contributed by atoms with Gasteiger partial charge >= 0.3 is 0 Å². The average molecular weight is 267 g/mol. The quantitative estimate of drug-likeness (QED) is 0.835. The van der Waals surface area contributed by atoms with Crippen molar-refractivity contribution in [1.82, 2.24) is 14.8 Å². The van der Waals surface area contributed by atoms with Crippen LogP contribution in [0.2, 0.25) is 0 Å². The molecule has 0 unspecified atom stereocenters. The number of likely N-dealkylation sites (tertiary alicyclic amines) is 1. The van der Waals surface area contributed by atoms with E-state index in [1.165, 1.54) is 49.6 Å². The highest BCUT2D eigenvalue weighted by atomic mass is 32.1. The second-order valence-electron chi connectivity index (χ2n) is 5.50. The molecule has 0 radical (unpaired) electrons. The van der Waals surface area contributed by atoms with E-state index in [2.05, 4.69) is 41.2 Å². The molecule has 1 fully saturated rings. The molecule has 18 heavy (non-hydrogen) atoms. The van der Waals surface area contributed by atoms with Gasteiger partial charge in [-0.25, -0.2) is 4.98 Å². The van der Waals surface area contributed by atoms with Crippen LogP contribution in [-0.2, 0) is 6.42 Å². The number of rotatable bonds is 4. The van der Waals surface area contributed by atoms with E-state index >= 15 is 0 Å². The summed E-state index contributed by atoms with van der Waals surface area (Å²) >= 11 is 1.76. The van der Waals surface area contributed by atoms with E-state index in [1.54, 1.807) is 11.3 Å². The van der Waals surface area contributed by atoms with E-state index in [4.69, 9.17) is 0 Å². The lowest BCUT2D eigenvalue weighted by molar-refractivity contribution is 0.250. The summed E-state index contributed by atoms with van der Waals surface area (Å²) in [7, 11) is 4.41. The third kappa shape index (κ3) is 4.04. The van der Waals surface area contributed by atoms with Gasteiger partial charge in [0.05, 0.1) is 10.7 Å². The van der Waals surface area contributed by atoms with Gasteiger partial charge in [0.25, 0.3) is 0 Å². The van der Waals surface area contributed by atoms with E-state index in [1.807, 2.05) is 0 Å². The van der Waals surface area contributed by atoms with Crippen LogP contribution in [0.15, 0.2) is 5.38 Å². The van der Waals surface area contributed by atoms with Gasteiger partial charge in [-0.15, -0.1) is 11.3 Å². The Balaban J connectivity index is 1.77. The Hall–Kier alpha value is -0.450. The van der Waals surface area contributed by atoms with Crippen molar-refractivity contribution in [1.29, 1.82) is 0 Å². The van der Waals surface area contributed by atoms with E-state index < -0.39 is 0 Å². The van der Waals surface area contributed by atoms with Crippen LogP contribution in [0, 0.1) is 6.92 Å². The molecule has 0 aliphatic carbocycles. The Labute approximate surface area is 115 Å². The van der Waals surface area contributed by atoms with Gasteiger partial charge in [0, 0.05) is 24.4 Å². The molecule has 0 amide bonds. The normalized spacial score (nSPS) is 22.3. The highest BCUT2D eigenvalue weighted by Crippen LogP contribution is 2.15. The molecule has 0 bridgehead atoms. The molecule has 1 saturated heterocycles. The summed E-state index contributed by atoms with van der Waals surface area (Å²) in [6.45, 7) is 5.75. The first-order valence-electron chi connectivity index (χ1n) is 6.95. The number of aryl methyl sites for hydroxylation is 1. The summed E-state index contributed by atoms with van der Waals surface area (Å²) < 4.78 is 0. The van der Waals surface area contributed by atoms with Gasteiger partial charge in [-0.2, -0.15) is 0 Å². The topological polar surface area (TPSA) is 19.4 Å². The van der Waals surface area contributed by atoms with Crippen LogP contribution in [0.3, 0.4) is 0 Å². The zero-order chi connectivity index (χ0) is 13.0. The predicted octanol–water partition coefficient (Wildman–Crippen LogP) is 2.41. The fraction of sp³-hybridized carbons (Fsp3) is 0.786. The van der Waals surface area contributed by atoms with Gasteiger partial charge in [0.2, 0.25) is 0 Å². The third-order valence-corrected chi connectivity index (χ3v) is 4.69.